The number of hydrogen-bond donors (Lipinski definition) is 1. The van der Waals surface area contributed by atoms with E-state index in [0.717, 1.165) is 12.1 Å². The minimum Gasteiger partial charge on any atom is -0.312 e. The highest BCUT2D eigenvalue weighted by Gasteiger charge is 2.20. The molecule has 1 aliphatic rings. The van der Waals surface area contributed by atoms with Gasteiger partial charge in [-0.05, 0) is 39.8 Å². The lowest BCUT2D eigenvalue weighted by molar-refractivity contribution is 0.158. The van der Waals surface area contributed by atoms with Gasteiger partial charge < -0.3 is 10.2 Å². The molecule has 14 heavy (non-hydrogen) atoms. The summed E-state index contributed by atoms with van der Waals surface area (Å²) in [5.74, 6) is 0. The molecule has 0 aliphatic carbocycles. The number of nitrogens with zero attached hydrogens (tertiary/aromatic N) is 1. The van der Waals surface area contributed by atoms with Gasteiger partial charge in [0.1, 0.15) is 0 Å². The Balaban J connectivity index is 0.00000169. The van der Waals surface area contributed by atoms with Crippen LogP contribution in [0.2, 0.25) is 0 Å². The summed E-state index contributed by atoms with van der Waals surface area (Å²) in [7, 11) is 0. The smallest absolute Gasteiger partial charge is 0.00937 e. The van der Waals surface area contributed by atoms with Crippen molar-refractivity contribution in [1.29, 1.82) is 0 Å². The molecule has 1 N–H and O–H groups in total. The predicted octanol–water partition coefficient (Wildman–Crippen LogP) is 2.49. The molecule has 1 heterocycles. The Bertz CT molecular complexity index is 135. The second-order valence-electron chi connectivity index (χ2n) is 4.73. The molecular weight excluding hydrogens is 172 g/mol. The monoisotopic (exact) mass is 200 g/mol. The maximum absolute atomic E-state index is 3.61. The minimum atomic E-state index is 0. The molecule has 0 aromatic rings. The summed E-state index contributed by atoms with van der Waals surface area (Å²) in [6.45, 7) is 11.6. The van der Waals surface area contributed by atoms with Crippen LogP contribution in [0.3, 0.4) is 0 Å². The molecule has 0 bridgehead atoms. The summed E-state index contributed by atoms with van der Waals surface area (Å²) in [4.78, 5) is 2.57. The van der Waals surface area contributed by atoms with Gasteiger partial charge in [-0.3, -0.25) is 0 Å². The first-order chi connectivity index (χ1) is 6.09. The van der Waals surface area contributed by atoms with Crippen molar-refractivity contribution in [3.63, 3.8) is 0 Å². The number of hydrogen-bond acceptors (Lipinski definition) is 2. The molecule has 2 nitrogen and oxygen atoms in total. The van der Waals surface area contributed by atoms with E-state index in [4.69, 9.17) is 0 Å². The van der Waals surface area contributed by atoms with Crippen LogP contribution in [0.25, 0.3) is 0 Å². The average Bonchev–Trinajstić information content (AvgIpc) is 2.04. The highest BCUT2D eigenvalue weighted by molar-refractivity contribution is 4.79. The highest BCUT2D eigenvalue weighted by atomic mass is 15.2. The molecule has 0 amide bonds. The van der Waals surface area contributed by atoms with Crippen LogP contribution < -0.4 is 5.32 Å². The molecule has 1 rings (SSSR count). The molecule has 1 aliphatic heterocycles. The Kier molecular flexibility index (Phi) is 6.38. The zero-order chi connectivity index (χ0) is 9.84. The summed E-state index contributed by atoms with van der Waals surface area (Å²) in [5, 5.41) is 3.61. The van der Waals surface area contributed by atoms with Crippen molar-refractivity contribution in [1.82, 2.24) is 10.2 Å². The van der Waals surface area contributed by atoms with E-state index in [1.165, 1.54) is 25.9 Å². The molecule has 86 valence electrons. The van der Waals surface area contributed by atoms with Crippen LogP contribution in [0.15, 0.2) is 0 Å². The second kappa shape index (κ2) is 6.41. The fraction of sp³-hybridized carbons (Fsp3) is 1.00. The largest absolute Gasteiger partial charge is 0.312 e. The molecule has 0 atom stereocenters. The lowest BCUT2D eigenvalue weighted by Crippen LogP contribution is -2.46. The van der Waals surface area contributed by atoms with E-state index in [9.17, 15) is 0 Å². The first-order valence-corrected chi connectivity index (χ1v) is 5.59. The molecule has 1 fully saturated rings. The van der Waals surface area contributed by atoms with Crippen LogP contribution in [0.1, 0.15) is 48.0 Å². The van der Waals surface area contributed by atoms with E-state index in [0.29, 0.717) is 6.04 Å². The zero-order valence-corrected chi connectivity index (χ0v) is 9.51. The minimum absolute atomic E-state index is 0. The van der Waals surface area contributed by atoms with Crippen LogP contribution in [0, 0.1) is 0 Å². The van der Waals surface area contributed by atoms with Gasteiger partial charge in [0.25, 0.3) is 0 Å². The molecule has 1 saturated heterocycles. The first-order valence-electron chi connectivity index (χ1n) is 5.59. The third-order valence-corrected chi connectivity index (χ3v) is 2.83. The van der Waals surface area contributed by atoms with E-state index in [1.807, 2.05) is 0 Å². The number of nitrogens with one attached hydrogen (secondary N) is 1. The maximum Gasteiger partial charge on any atom is 0.00937 e. The third-order valence-electron chi connectivity index (χ3n) is 2.83. The van der Waals surface area contributed by atoms with Gasteiger partial charge in [-0.2, -0.15) is 0 Å². The number of likely N-dealkylation sites (tertiary alicyclic amines) is 1. The average molecular weight is 200 g/mol. The van der Waals surface area contributed by atoms with E-state index >= 15 is 0 Å². The number of piperidine rings is 1. The molecule has 0 spiro atoms. The van der Waals surface area contributed by atoms with Crippen LogP contribution >= 0.6 is 0 Å². The fourth-order valence-electron chi connectivity index (χ4n) is 2.05. The third kappa shape index (κ3) is 4.43. The summed E-state index contributed by atoms with van der Waals surface area (Å²) in [5.41, 5.74) is 0. The van der Waals surface area contributed by atoms with Crippen LogP contribution in [0.4, 0.5) is 0 Å². The SMILES string of the molecule is C.CC(C)NC1CCN(C(C)C)CC1. The number of rotatable bonds is 3. The Morgan fingerprint density at radius 3 is 1.93 bits per heavy atom. The molecular formula is C12H28N2. The normalized spacial score (nSPS) is 20.1. The summed E-state index contributed by atoms with van der Waals surface area (Å²) in [6.07, 6.45) is 2.63. The quantitative estimate of drug-likeness (QED) is 0.753. The van der Waals surface area contributed by atoms with Crippen molar-refractivity contribution in [2.75, 3.05) is 13.1 Å². The van der Waals surface area contributed by atoms with Gasteiger partial charge in [0, 0.05) is 18.1 Å². The van der Waals surface area contributed by atoms with Crippen molar-refractivity contribution < 1.29 is 0 Å². The van der Waals surface area contributed by atoms with Gasteiger partial charge in [-0.25, -0.2) is 0 Å². The Morgan fingerprint density at radius 2 is 1.57 bits per heavy atom. The van der Waals surface area contributed by atoms with E-state index in [1.54, 1.807) is 0 Å². The van der Waals surface area contributed by atoms with Crippen molar-refractivity contribution in [2.45, 2.75) is 66.1 Å². The van der Waals surface area contributed by atoms with E-state index in [2.05, 4.69) is 37.9 Å². The van der Waals surface area contributed by atoms with Crippen molar-refractivity contribution in [3.8, 4) is 0 Å². The molecule has 0 aromatic carbocycles. The molecule has 0 unspecified atom stereocenters. The molecule has 0 radical (unpaired) electrons. The van der Waals surface area contributed by atoms with Crippen molar-refractivity contribution in [2.24, 2.45) is 0 Å². The lowest BCUT2D eigenvalue weighted by Gasteiger charge is -2.35. The standard InChI is InChI=1S/C11H24N2.CH4/c1-9(2)12-11-5-7-13(8-6-11)10(3)4;/h9-12H,5-8H2,1-4H3;1H4. The maximum atomic E-state index is 3.61. The van der Waals surface area contributed by atoms with Crippen LogP contribution in [0.5, 0.6) is 0 Å². The Morgan fingerprint density at radius 1 is 1.07 bits per heavy atom. The van der Waals surface area contributed by atoms with Gasteiger partial charge in [-0.1, -0.05) is 21.3 Å². The van der Waals surface area contributed by atoms with Gasteiger partial charge in [0.15, 0.2) is 0 Å². The first kappa shape index (κ1) is 13.9. The van der Waals surface area contributed by atoms with Crippen molar-refractivity contribution >= 4 is 0 Å². The predicted molar refractivity (Wildman–Crippen MR) is 64.7 cm³/mol. The second-order valence-corrected chi connectivity index (χ2v) is 4.73. The van der Waals surface area contributed by atoms with Crippen LogP contribution in [-0.2, 0) is 0 Å². The topological polar surface area (TPSA) is 15.3 Å². The summed E-state index contributed by atoms with van der Waals surface area (Å²) in [6, 6.07) is 2.12. The van der Waals surface area contributed by atoms with Crippen LogP contribution in [-0.4, -0.2) is 36.1 Å². The Labute approximate surface area is 90.1 Å². The van der Waals surface area contributed by atoms with E-state index in [-0.39, 0.29) is 7.43 Å². The van der Waals surface area contributed by atoms with Gasteiger partial charge in [-0.15, -0.1) is 0 Å². The highest BCUT2D eigenvalue weighted by Crippen LogP contribution is 2.13. The summed E-state index contributed by atoms with van der Waals surface area (Å²) < 4.78 is 0. The summed E-state index contributed by atoms with van der Waals surface area (Å²) >= 11 is 0. The van der Waals surface area contributed by atoms with Crippen molar-refractivity contribution in [3.05, 3.63) is 0 Å². The van der Waals surface area contributed by atoms with Gasteiger partial charge in [0.2, 0.25) is 0 Å². The molecule has 2 heteroatoms. The zero-order valence-electron chi connectivity index (χ0n) is 9.51. The lowest BCUT2D eigenvalue weighted by atomic mass is 10.0. The van der Waals surface area contributed by atoms with E-state index < -0.39 is 0 Å². The molecule has 0 aromatic heterocycles. The van der Waals surface area contributed by atoms with Gasteiger partial charge in [0.05, 0.1) is 0 Å². The Hall–Kier alpha value is -0.0800. The molecule has 0 saturated carbocycles. The fourth-order valence-corrected chi connectivity index (χ4v) is 2.05. The van der Waals surface area contributed by atoms with Gasteiger partial charge >= 0.3 is 0 Å².